The zero-order valence-corrected chi connectivity index (χ0v) is 10.8. The molecule has 1 amide bonds. The normalized spacial score (nSPS) is 10.1. The largest absolute Gasteiger partial charge is 0.469 e. The number of hydrogen-bond acceptors (Lipinski definition) is 4. The lowest BCUT2D eigenvalue weighted by molar-refractivity contribution is -0.141. The zero-order valence-electron chi connectivity index (χ0n) is 10.8. The van der Waals surface area contributed by atoms with Crippen molar-refractivity contribution < 1.29 is 14.3 Å². The molecule has 0 radical (unpaired) electrons. The van der Waals surface area contributed by atoms with Crippen molar-refractivity contribution >= 4 is 11.9 Å². The molecule has 1 heterocycles. The summed E-state index contributed by atoms with van der Waals surface area (Å²) in [6.45, 7) is 3.51. The van der Waals surface area contributed by atoms with E-state index in [0.29, 0.717) is 26.1 Å². The van der Waals surface area contributed by atoms with Gasteiger partial charge in [-0.25, -0.2) is 4.98 Å². The second kappa shape index (κ2) is 7.47. The van der Waals surface area contributed by atoms with Crippen molar-refractivity contribution in [1.29, 1.82) is 0 Å². The molecule has 1 aromatic rings. The number of ether oxygens (including phenoxy) is 1. The van der Waals surface area contributed by atoms with Crippen molar-refractivity contribution in [1.82, 2.24) is 14.5 Å². The molecule has 6 heteroatoms. The number of aromatic nitrogens is 2. The highest BCUT2D eigenvalue weighted by Gasteiger charge is 2.13. The number of aryl methyl sites for hydroxylation is 1. The average Bonchev–Trinajstić information content (AvgIpc) is 2.89. The number of esters is 1. The van der Waals surface area contributed by atoms with Gasteiger partial charge in [-0.2, -0.15) is 0 Å². The number of nitrogens with zero attached hydrogens (tertiary/aromatic N) is 3. The van der Waals surface area contributed by atoms with Gasteiger partial charge in [-0.3, -0.25) is 9.59 Å². The van der Waals surface area contributed by atoms with Crippen LogP contribution in [0.2, 0.25) is 0 Å². The van der Waals surface area contributed by atoms with Gasteiger partial charge in [0.1, 0.15) is 0 Å². The van der Waals surface area contributed by atoms with Crippen LogP contribution < -0.4 is 0 Å². The quantitative estimate of drug-likeness (QED) is 0.670. The van der Waals surface area contributed by atoms with Gasteiger partial charge in [-0.15, -0.1) is 0 Å². The molecule has 0 fully saturated rings. The second-order valence-corrected chi connectivity index (χ2v) is 3.85. The lowest BCUT2D eigenvalue weighted by Gasteiger charge is -2.20. The Kier molecular flexibility index (Phi) is 5.90. The molecule has 0 aliphatic heterocycles. The van der Waals surface area contributed by atoms with Crippen LogP contribution in [0.25, 0.3) is 0 Å². The van der Waals surface area contributed by atoms with Gasteiger partial charge in [0.15, 0.2) is 0 Å². The van der Waals surface area contributed by atoms with Gasteiger partial charge in [-0.1, -0.05) is 0 Å². The molecule has 0 aliphatic rings. The van der Waals surface area contributed by atoms with E-state index in [1.54, 1.807) is 17.4 Å². The standard InChI is InChI=1S/C12H19N3O3/c1-3-15(8-5-12(17)18-2)11(16)4-7-14-9-6-13-10-14/h6,9-10H,3-5,7-8H2,1-2H3. The van der Waals surface area contributed by atoms with Gasteiger partial charge in [0, 0.05) is 38.4 Å². The maximum atomic E-state index is 11.9. The molecule has 0 N–H and O–H groups in total. The molecule has 0 bridgehead atoms. The molecule has 100 valence electrons. The number of methoxy groups -OCH3 is 1. The Morgan fingerprint density at radius 3 is 2.72 bits per heavy atom. The smallest absolute Gasteiger partial charge is 0.307 e. The van der Waals surface area contributed by atoms with Crippen LogP contribution in [0.5, 0.6) is 0 Å². The molecule has 0 aromatic carbocycles. The van der Waals surface area contributed by atoms with E-state index in [4.69, 9.17) is 0 Å². The molecular formula is C12H19N3O3. The summed E-state index contributed by atoms with van der Waals surface area (Å²) in [5, 5.41) is 0. The third kappa shape index (κ3) is 4.57. The maximum absolute atomic E-state index is 11.9. The predicted molar refractivity (Wildman–Crippen MR) is 65.7 cm³/mol. The van der Waals surface area contributed by atoms with E-state index in [9.17, 15) is 9.59 Å². The number of rotatable bonds is 7. The van der Waals surface area contributed by atoms with Gasteiger partial charge in [0.25, 0.3) is 0 Å². The van der Waals surface area contributed by atoms with Crippen LogP contribution in [-0.4, -0.2) is 46.5 Å². The van der Waals surface area contributed by atoms with Crippen molar-refractivity contribution in [3.63, 3.8) is 0 Å². The fourth-order valence-corrected chi connectivity index (χ4v) is 1.59. The third-order valence-corrected chi connectivity index (χ3v) is 2.69. The fourth-order valence-electron chi connectivity index (χ4n) is 1.59. The molecular weight excluding hydrogens is 234 g/mol. The maximum Gasteiger partial charge on any atom is 0.307 e. The van der Waals surface area contributed by atoms with Crippen LogP contribution in [-0.2, 0) is 20.9 Å². The van der Waals surface area contributed by atoms with Crippen molar-refractivity contribution in [3.8, 4) is 0 Å². The molecule has 0 saturated carbocycles. The molecule has 0 unspecified atom stereocenters. The van der Waals surface area contributed by atoms with E-state index in [1.165, 1.54) is 7.11 Å². The number of carbonyl (C=O) groups is 2. The first kappa shape index (κ1) is 14.2. The zero-order chi connectivity index (χ0) is 13.4. The minimum absolute atomic E-state index is 0.0371. The van der Waals surface area contributed by atoms with Crippen LogP contribution in [0, 0.1) is 0 Å². The molecule has 0 saturated heterocycles. The lowest BCUT2D eigenvalue weighted by Crippen LogP contribution is -2.33. The van der Waals surface area contributed by atoms with Gasteiger partial charge >= 0.3 is 5.97 Å². The topological polar surface area (TPSA) is 64.4 Å². The summed E-state index contributed by atoms with van der Waals surface area (Å²) in [4.78, 5) is 28.5. The Balaban J connectivity index is 2.34. The summed E-state index contributed by atoms with van der Waals surface area (Å²) in [7, 11) is 1.35. The average molecular weight is 253 g/mol. The molecule has 0 aliphatic carbocycles. The molecule has 0 spiro atoms. The van der Waals surface area contributed by atoms with E-state index in [2.05, 4.69) is 9.72 Å². The summed E-state index contributed by atoms with van der Waals surface area (Å²) in [5.74, 6) is -0.258. The summed E-state index contributed by atoms with van der Waals surface area (Å²) in [6, 6.07) is 0. The van der Waals surface area contributed by atoms with Crippen LogP contribution in [0.1, 0.15) is 19.8 Å². The van der Waals surface area contributed by atoms with E-state index < -0.39 is 0 Å². The van der Waals surface area contributed by atoms with Crippen molar-refractivity contribution in [2.24, 2.45) is 0 Å². The highest BCUT2D eigenvalue weighted by atomic mass is 16.5. The molecule has 6 nitrogen and oxygen atoms in total. The third-order valence-electron chi connectivity index (χ3n) is 2.69. The first-order chi connectivity index (χ1) is 8.67. The monoisotopic (exact) mass is 253 g/mol. The van der Waals surface area contributed by atoms with E-state index in [0.717, 1.165) is 0 Å². The van der Waals surface area contributed by atoms with Crippen LogP contribution in [0.4, 0.5) is 0 Å². The molecule has 0 atom stereocenters. The minimum atomic E-state index is -0.296. The number of hydrogen-bond donors (Lipinski definition) is 0. The van der Waals surface area contributed by atoms with Gasteiger partial charge < -0.3 is 14.2 Å². The first-order valence-corrected chi connectivity index (χ1v) is 5.97. The Morgan fingerprint density at radius 1 is 1.39 bits per heavy atom. The minimum Gasteiger partial charge on any atom is -0.469 e. The van der Waals surface area contributed by atoms with Crippen molar-refractivity contribution in [2.75, 3.05) is 20.2 Å². The lowest BCUT2D eigenvalue weighted by atomic mass is 10.3. The van der Waals surface area contributed by atoms with E-state index >= 15 is 0 Å². The van der Waals surface area contributed by atoms with Crippen molar-refractivity contribution in [3.05, 3.63) is 18.7 Å². The summed E-state index contributed by atoms with van der Waals surface area (Å²) in [6.07, 6.45) is 5.82. The first-order valence-electron chi connectivity index (χ1n) is 5.97. The Morgan fingerprint density at radius 2 is 2.17 bits per heavy atom. The summed E-state index contributed by atoms with van der Waals surface area (Å²) >= 11 is 0. The van der Waals surface area contributed by atoms with Crippen molar-refractivity contribution in [2.45, 2.75) is 26.3 Å². The van der Waals surface area contributed by atoms with Crippen LogP contribution >= 0.6 is 0 Å². The van der Waals surface area contributed by atoms with Crippen LogP contribution in [0.15, 0.2) is 18.7 Å². The number of carbonyl (C=O) groups excluding carboxylic acids is 2. The van der Waals surface area contributed by atoms with Gasteiger partial charge in [0.05, 0.1) is 19.9 Å². The van der Waals surface area contributed by atoms with Crippen LogP contribution in [0.3, 0.4) is 0 Å². The van der Waals surface area contributed by atoms with E-state index in [1.807, 2.05) is 17.7 Å². The highest BCUT2D eigenvalue weighted by Crippen LogP contribution is 2.00. The van der Waals surface area contributed by atoms with Gasteiger partial charge in [0.2, 0.25) is 5.91 Å². The van der Waals surface area contributed by atoms with Gasteiger partial charge in [-0.05, 0) is 6.92 Å². The Labute approximate surface area is 107 Å². The summed E-state index contributed by atoms with van der Waals surface area (Å²) in [5.41, 5.74) is 0. The second-order valence-electron chi connectivity index (χ2n) is 3.85. The summed E-state index contributed by atoms with van der Waals surface area (Å²) < 4.78 is 6.41. The number of amides is 1. The predicted octanol–water partition coefficient (Wildman–Crippen LogP) is 0.685. The molecule has 1 aromatic heterocycles. The Hall–Kier alpha value is -1.85. The fraction of sp³-hybridized carbons (Fsp3) is 0.583. The number of imidazole rings is 1. The molecule has 18 heavy (non-hydrogen) atoms. The molecule has 1 rings (SSSR count). The van der Waals surface area contributed by atoms with E-state index in [-0.39, 0.29) is 18.3 Å². The Bertz CT molecular complexity index is 376. The highest BCUT2D eigenvalue weighted by molar-refractivity contribution is 5.77. The SMILES string of the molecule is CCN(CCC(=O)OC)C(=O)CCn1ccnc1.